The predicted octanol–water partition coefficient (Wildman–Crippen LogP) is 11.0. The highest BCUT2D eigenvalue weighted by Crippen LogP contribution is 2.38. The Labute approximate surface area is 225 Å². The molecule has 1 fully saturated rings. The van der Waals surface area contributed by atoms with Crippen molar-refractivity contribution in [3.8, 4) is 11.1 Å². The molecular weight excluding hydrogens is 451 g/mol. The van der Waals surface area contributed by atoms with Crippen molar-refractivity contribution in [2.75, 3.05) is 0 Å². The molecule has 198 valence electrons. The third-order valence-corrected chi connectivity index (χ3v) is 8.61. The van der Waals surface area contributed by atoms with Gasteiger partial charge in [0.05, 0.1) is 0 Å². The highest BCUT2D eigenvalue weighted by molar-refractivity contribution is 5.64. The number of rotatable bonds is 14. The molecule has 0 spiro atoms. The fourth-order valence-corrected chi connectivity index (χ4v) is 6.07. The number of hydrogen-bond donors (Lipinski definition) is 0. The largest absolute Gasteiger partial charge is 0.246 e. The summed E-state index contributed by atoms with van der Waals surface area (Å²) in [6.45, 7) is 1.91. The first-order valence-electron chi connectivity index (χ1n) is 15.1. The molecule has 0 atom stereocenters. The van der Waals surface area contributed by atoms with Crippen molar-refractivity contribution in [2.45, 2.75) is 109 Å². The van der Waals surface area contributed by atoms with Gasteiger partial charge in [-0.1, -0.05) is 131 Å². The van der Waals surface area contributed by atoms with Gasteiger partial charge >= 0.3 is 0 Å². The molecule has 0 saturated heterocycles. The molecule has 1 saturated carbocycles. The van der Waals surface area contributed by atoms with E-state index < -0.39 is 0 Å². The highest BCUT2D eigenvalue weighted by Gasteiger charge is 2.22. The van der Waals surface area contributed by atoms with Gasteiger partial charge in [-0.25, -0.2) is 4.39 Å². The summed E-state index contributed by atoms with van der Waals surface area (Å²) in [5.74, 6) is 1.72. The lowest BCUT2D eigenvalue weighted by Gasteiger charge is -2.29. The minimum absolute atomic E-state index is 0.386. The smallest absolute Gasteiger partial charge is 0.115 e. The summed E-state index contributed by atoms with van der Waals surface area (Å²) in [5, 5.41) is 0. The Morgan fingerprint density at radius 3 is 1.62 bits per heavy atom. The summed E-state index contributed by atoms with van der Waals surface area (Å²) in [7, 11) is 0. The first-order valence-corrected chi connectivity index (χ1v) is 15.1. The first kappa shape index (κ1) is 27.6. The first-order chi connectivity index (χ1) is 18.2. The highest BCUT2D eigenvalue weighted by atomic mass is 19.1. The molecule has 0 N–H and O–H groups in total. The topological polar surface area (TPSA) is 0 Å². The van der Waals surface area contributed by atoms with Crippen LogP contribution in [-0.4, -0.2) is 0 Å². The van der Waals surface area contributed by atoms with Gasteiger partial charge in [-0.2, -0.15) is 0 Å². The van der Waals surface area contributed by atoms with Crippen molar-refractivity contribution in [2.24, 2.45) is 5.92 Å². The van der Waals surface area contributed by atoms with Crippen molar-refractivity contribution in [3.05, 3.63) is 95.1 Å². The molecule has 1 aliphatic carbocycles. The van der Waals surface area contributed by atoms with Crippen LogP contribution >= 0.6 is 0 Å². The van der Waals surface area contributed by atoms with Crippen molar-refractivity contribution >= 4 is 0 Å². The van der Waals surface area contributed by atoms with Crippen LogP contribution in [0.25, 0.3) is 11.1 Å². The van der Waals surface area contributed by atoms with Gasteiger partial charge in [0.15, 0.2) is 0 Å². The number of aryl methyl sites for hydroxylation is 2. The standard InChI is InChI=1S/C36H47F/c1-2-3-4-5-6-7-8-9-29-16-20-33(21-17-29)35-24-26-36(27-25-35)34-22-18-31(19-23-34)11-10-30-12-14-32(28-37)15-13-30/h12-15,18-19,22-27,29,33H,2-11,16-17,20-21,28H2,1H3/t29-,33-. The van der Waals surface area contributed by atoms with Crippen LogP contribution in [0.1, 0.15) is 112 Å². The average Bonchev–Trinajstić information content (AvgIpc) is 2.96. The molecule has 0 aromatic heterocycles. The van der Waals surface area contributed by atoms with E-state index in [1.165, 1.54) is 105 Å². The van der Waals surface area contributed by atoms with Crippen LogP contribution in [0.4, 0.5) is 4.39 Å². The SMILES string of the molecule is CCCCCCCCC[C@H]1CC[C@H](c2ccc(-c3ccc(CCc4ccc(CF)cc4)cc3)cc2)CC1. The summed E-state index contributed by atoms with van der Waals surface area (Å²) < 4.78 is 12.7. The van der Waals surface area contributed by atoms with Gasteiger partial charge in [-0.15, -0.1) is 0 Å². The number of halogens is 1. The maximum Gasteiger partial charge on any atom is 0.115 e. The number of alkyl halides is 1. The van der Waals surface area contributed by atoms with E-state index in [4.69, 9.17) is 0 Å². The van der Waals surface area contributed by atoms with Gasteiger partial charge in [0.1, 0.15) is 6.67 Å². The van der Waals surface area contributed by atoms with Crippen LogP contribution in [0.5, 0.6) is 0 Å². The Morgan fingerprint density at radius 1 is 0.568 bits per heavy atom. The Bertz CT molecular complexity index is 1010. The van der Waals surface area contributed by atoms with E-state index in [1.807, 2.05) is 24.3 Å². The summed E-state index contributed by atoms with van der Waals surface area (Å²) in [6, 6.07) is 26.3. The van der Waals surface area contributed by atoms with Crippen LogP contribution in [0.2, 0.25) is 0 Å². The van der Waals surface area contributed by atoms with Crippen LogP contribution in [0.3, 0.4) is 0 Å². The second kappa shape index (κ2) is 15.1. The molecule has 0 heterocycles. The molecule has 0 bridgehead atoms. The zero-order valence-corrected chi connectivity index (χ0v) is 23.1. The molecule has 1 heteroatoms. The second-order valence-electron chi connectivity index (χ2n) is 11.4. The Balaban J connectivity index is 1.19. The molecular formula is C36H47F. The third kappa shape index (κ3) is 8.84. The third-order valence-electron chi connectivity index (χ3n) is 8.61. The molecule has 0 nitrogen and oxygen atoms in total. The van der Waals surface area contributed by atoms with Gasteiger partial charge in [-0.05, 0) is 83.7 Å². The lowest BCUT2D eigenvalue weighted by Crippen LogP contribution is -2.13. The fourth-order valence-electron chi connectivity index (χ4n) is 6.07. The van der Waals surface area contributed by atoms with Gasteiger partial charge in [0.25, 0.3) is 0 Å². The monoisotopic (exact) mass is 498 g/mol. The minimum Gasteiger partial charge on any atom is -0.246 e. The molecule has 37 heavy (non-hydrogen) atoms. The van der Waals surface area contributed by atoms with Crippen LogP contribution in [-0.2, 0) is 19.5 Å². The van der Waals surface area contributed by atoms with Crippen molar-refractivity contribution < 1.29 is 4.39 Å². The number of unbranched alkanes of at least 4 members (excludes halogenated alkanes) is 6. The maximum absolute atomic E-state index is 12.7. The molecule has 0 amide bonds. The number of hydrogen-bond acceptors (Lipinski definition) is 0. The van der Waals surface area contributed by atoms with Crippen LogP contribution < -0.4 is 0 Å². The average molecular weight is 499 g/mol. The van der Waals surface area contributed by atoms with Crippen molar-refractivity contribution in [1.29, 1.82) is 0 Å². The maximum atomic E-state index is 12.7. The van der Waals surface area contributed by atoms with Crippen molar-refractivity contribution in [1.82, 2.24) is 0 Å². The van der Waals surface area contributed by atoms with Gasteiger partial charge < -0.3 is 0 Å². The van der Waals surface area contributed by atoms with E-state index in [9.17, 15) is 4.39 Å². The molecule has 0 unspecified atom stereocenters. The van der Waals surface area contributed by atoms with Gasteiger partial charge in [0.2, 0.25) is 0 Å². The molecule has 1 aliphatic rings. The van der Waals surface area contributed by atoms with E-state index in [0.29, 0.717) is 0 Å². The summed E-state index contributed by atoms with van der Waals surface area (Å²) in [4.78, 5) is 0. The summed E-state index contributed by atoms with van der Waals surface area (Å²) in [5.41, 5.74) is 7.51. The summed E-state index contributed by atoms with van der Waals surface area (Å²) >= 11 is 0. The fraction of sp³-hybridized carbons (Fsp3) is 0.500. The number of benzene rings is 3. The predicted molar refractivity (Wildman–Crippen MR) is 158 cm³/mol. The lowest BCUT2D eigenvalue weighted by atomic mass is 9.77. The zero-order valence-electron chi connectivity index (χ0n) is 23.1. The van der Waals surface area contributed by atoms with Crippen LogP contribution in [0.15, 0.2) is 72.8 Å². The van der Waals surface area contributed by atoms with E-state index in [0.717, 1.165) is 30.2 Å². The molecule has 0 radical (unpaired) electrons. The summed E-state index contributed by atoms with van der Waals surface area (Å²) in [6.07, 6.45) is 19.0. The van der Waals surface area contributed by atoms with Gasteiger partial charge in [-0.3, -0.25) is 0 Å². The molecule has 3 aromatic carbocycles. The Morgan fingerprint density at radius 2 is 1.05 bits per heavy atom. The lowest BCUT2D eigenvalue weighted by molar-refractivity contribution is 0.302. The zero-order chi connectivity index (χ0) is 25.7. The normalized spacial score (nSPS) is 17.7. The Hall–Kier alpha value is -2.41. The molecule has 4 rings (SSSR count). The van der Waals surface area contributed by atoms with Gasteiger partial charge in [0, 0.05) is 0 Å². The second-order valence-corrected chi connectivity index (χ2v) is 11.4. The van der Waals surface area contributed by atoms with Crippen LogP contribution in [0, 0.1) is 5.92 Å². The molecule has 0 aliphatic heterocycles. The Kier molecular flexibility index (Phi) is 11.3. The molecule has 3 aromatic rings. The van der Waals surface area contributed by atoms with E-state index in [2.05, 4.69) is 55.5 Å². The van der Waals surface area contributed by atoms with E-state index in [-0.39, 0.29) is 6.67 Å². The quantitative estimate of drug-likeness (QED) is 0.194. The van der Waals surface area contributed by atoms with Crippen molar-refractivity contribution in [3.63, 3.8) is 0 Å². The van der Waals surface area contributed by atoms with E-state index >= 15 is 0 Å². The minimum atomic E-state index is -0.386. The van der Waals surface area contributed by atoms with E-state index in [1.54, 1.807) is 0 Å².